The van der Waals surface area contributed by atoms with Crippen LogP contribution in [0.3, 0.4) is 0 Å². The van der Waals surface area contributed by atoms with E-state index in [2.05, 4.69) is 5.32 Å². The van der Waals surface area contributed by atoms with Gasteiger partial charge < -0.3 is 10.1 Å². The van der Waals surface area contributed by atoms with E-state index in [1.54, 1.807) is 0 Å². The standard InChI is InChI=1S/C13H18N2O4/c1-19-7-6-14-11(16)8-15-12(17)9-4-2-3-5-10(9)13(15)18/h2-3,9-10H,4-8H2,1H3,(H,14,16)/t9-,10+. The number of hydrogen-bond acceptors (Lipinski definition) is 4. The lowest BCUT2D eigenvalue weighted by Crippen LogP contribution is -2.41. The van der Waals surface area contributed by atoms with E-state index in [0.717, 1.165) is 4.90 Å². The van der Waals surface area contributed by atoms with Crippen LogP contribution in [0.15, 0.2) is 12.2 Å². The molecule has 2 rings (SSSR count). The van der Waals surface area contributed by atoms with Crippen LogP contribution in [0.5, 0.6) is 0 Å². The van der Waals surface area contributed by atoms with Gasteiger partial charge in [0.15, 0.2) is 0 Å². The SMILES string of the molecule is COCCNC(=O)CN1C(=O)[C@H]2CC=CC[C@H]2C1=O. The van der Waals surface area contributed by atoms with E-state index >= 15 is 0 Å². The van der Waals surface area contributed by atoms with Crippen LogP contribution in [0.4, 0.5) is 0 Å². The molecule has 6 nitrogen and oxygen atoms in total. The van der Waals surface area contributed by atoms with Crippen LogP contribution in [0.25, 0.3) is 0 Å². The average Bonchev–Trinajstić information content (AvgIpc) is 2.65. The first-order valence-electron chi connectivity index (χ1n) is 6.41. The Hall–Kier alpha value is -1.69. The zero-order chi connectivity index (χ0) is 13.8. The number of rotatable bonds is 5. The van der Waals surface area contributed by atoms with E-state index in [1.807, 2.05) is 12.2 Å². The third-order valence-electron chi connectivity index (χ3n) is 3.53. The van der Waals surface area contributed by atoms with Gasteiger partial charge in [0.1, 0.15) is 6.54 Å². The molecule has 1 saturated heterocycles. The topological polar surface area (TPSA) is 75.7 Å². The largest absolute Gasteiger partial charge is 0.383 e. The fraction of sp³-hybridized carbons (Fsp3) is 0.615. The van der Waals surface area contributed by atoms with E-state index in [9.17, 15) is 14.4 Å². The summed E-state index contributed by atoms with van der Waals surface area (Å²) in [6, 6.07) is 0. The second kappa shape index (κ2) is 5.97. The number of likely N-dealkylation sites (tertiary alicyclic amines) is 1. The maximum Gasteiger partial charge on any atom is 0.240 e. The molecule has 0 radical (unpaired) electrons. The Bertz CT molecular complexity index is 393. The minimum absolute atomic E-state index is 0.186. The molecule has 1 heterocycles. The van der Waals surface area contributed by atoms with Crippen molar-refractivity contribution in [2.75, 3.05) is 26.8 Å². The van der Waals surface area contributed by atoms with Gasteiger partial charge in [-0.3, -0.25) is 19.3 Å². The quantitative estimate of drug-likeness (QED) is 0.421. The summed E-state index contributed by atoms with van der Waals surface area (Å²) in [5, 5.41) is 2.61. The number of nitrogens with zero attached hydrogens (tertiary/aromatic N) is 1. The lowest BCUT2D eigenvalue weighted by Gasteiger charge is -2.14. The Morgan fingerprint density at radius 2 is 1.89 bits per heavy atom. The molecule has 1 aliphatic carbocycles. The molecule has 0 aromatic rings. The number of allylic oxidation sites excluding steroid dienone is 2. The summed E-state index contributed by atoms with van der Waals surface area (Å²) in [6.45, 7) is 0.594. The first kappa shape index (κ1) is 13.7. The third kappa shape index (κ3) is 2.84. The molecular formula is C13H18N2O4. The van der Waals surface area contributed by atoms with Crippen molar-refractivity contribution in [3.05, 3.63) is 12.2 Å². The second-order valence-corrected chi connectivity index (χ2v) is 4.76. The van der Waals surface area contributed by atoms with Gasteiger partial charge in [-0.1, -0.05) is 12.2 Å². The monoisotopic (exact) mass is 266 g/mol. The van der Waals surface area contributed by atoms with Crippen molar-refractivity contribution in [1.82, 2.24) is 10.2 Å². The Morgan fingerprint density at radius 1 is 1.32 bits per heavy atom. The number of fused-ring (bicyclic) bond motifs is 1. The summed E-state index contributed by atoms with van der Waals surface area (Å²) in [5.41, 5.74) is 0. The predicted octanol–water partition coefficient (Wildman–Crippen LogP) is -0.300. The number of hydrogen-bond donors (Lipinski definition) is 1. The van der Waals surface area contributed by atoms with Gasteiger partial charge in [0.05, 0.1) is 18.4 Å². The van der Waals surface area contributed by atoms with Gasteiger partial charge >= 0.3 is 0 Å². The van der Waals surface area contributed by atoms with Gasteiger partial charge in [0.2, 0.25) is 17.7 Å². The fourth-order valence-corrected chi connectivity index (χ4v) is 2.52. The van der Waals surface area contributed by atoms with Crippen molar-refractivity contribution >= 4 is 17.7 Å². The highest BCUT2D eigenvalue weighted by molar-refractivity contribution is 6.07. The Morgan fingerprint density at radius 3 is 2.42 bits per heavy atom. The molecular weight excluding hydrogens is 248 g/mol. The van der Waals surface area contributed by atoms with Crippen LogP contribution in [0.2, 0.25) is 0 Å². The van der Waals surface area contributed by atoms with Gasteiger partial charge in [-0.15, -0.1) is 0 Å². The van der Waals surface area contributed by atoms with E-state index in [0.29, 0.717) is 26.0 Å². The van der Waals surface area contributed by atoms with Crippen molar-refractivity contribution in [3.8, 4) is 0 Å². The molecule has 1 aliphatic heterocycles. The molecule has 0 spiro atoms. The van der Waals surface area contributed by atoms with E-state index in [4.69, 9.17) is 4.74 Å². The number of methoxy groups -OCH3 is 1. The summed E-state index contributed by atoms with van der Waals surface area (Å²) in [7, 11) is 1.54. The van der Waals surface area contributed by atoms with Gasteiger partial charge in [0, 0.05) is 13.7 Å². The zero-order valence-electron chi connectivity index (χ0n) is 10.9. The molecule has 2 aliphatic rings. The van der Waals surface area contributed by atoms with Gasteiger partial charge in [-0.2, -0.15) is 0 Å². The first-order valence-corrected chi connectivity index (χ1v) is 6.41. The molecule has 0 bridgehead atoms. The molecule has 0 saturated carbocycles. The van der Waals surface area contributed by atoms with Crippen molar-refractivity contribution in [2.24, 2.45) is 11.8 Å². The molecule has 2 atom stereocenters. The minimum Gasteiger partial charge on any atom is -0.383 e. The van der Waals surface area contributed by atoms with Gasteiger partial charge in [-0.25, -0.2) is 0 Å². The molecule has 104 valence electrons. The van der Waals surface area contributed by atoms with Crippen molar-refractivity contribution in [2.45, 2.75) is 12.8 Å². The predicted molar refractivity (Wildman–Crippen MR) is 67.0 cm³/mol. The number of nitrogens with one attached hydrogen (secondary N) is 1. The number of ether oxygens (including phenoxy) is 1. The van der Waals surface area contributed by atoms with Gasteiger partial charge in [-0.05, 0) is 12.8 Å². The molecule has 3 amide bonds. The highest BCUT2D eigenvalue weighted by Gasteiger charge is 2.47. The maximum atomic E-state index is 12.1. The molecule has 1 N–H and O–H groups in total. The van der Waals surface area contributed by atoms with Crippen LogP contribution in [0, 0.1) is 11.8 Å². The number of amides is 3. The summed E-state index contributed by atoms with van der Waals surface area (Å²) >= 11 is 0. The number of imide groups is 1. The Kier molecular flexibility index (Phi) is 4.31. The molecule has 0 aromatic heterocycles. The Labute approximate surface area is 111 Å². The zero-order valence-corrected chi connectivity index (χ0v) is 10.9. The lowest BCUT2D eigenvalue weighted by atomic mass is 9.85. The smallest absolute Gasteiger partial charge is 0.240 e. The van der Waals surface area contributed by atoms with E-state index in [-0.39, 0.29) is 36.1 Å². The van der Waals surface area contributed by atoms with E-state index < -0.39 is 0 Å². The summed E-state index contributed by atoms with van der Waals surface area (Å²) in [6.07, 6.45) is 5.04. The van der Waals surface area contributed by atoms with Crippen molar-refractivity contribution in [3.63, 3.8) is 0 Å². The van der Waals surface area contributed by atoms with Gasteiger partial charge in [0.25, 0.3) is 0 Å². The molecule has 19 heavy (non-hydrogen) atoms. The fourth-order valence-electron chi connectivity index (χ4n) is 2.52. The van der Waals surface area contributed by atoms with Crippen molar-refractivity contribution in [1.29, 1.82) is 0 Å². The second-order valence-electron chi connectivity index (χ2n) is 4.76. The molecule has 1 fully saturated rings. The van der Waals surface area contributed by atoms with Crippen LogP contribution in [-0.4, -0.2) is 49.4 Å². The van der Waals surface area contributed by atoms with Crippen LogP contribution in [-0.2, 0) is 19.1 Å². The van der Waals surface area contributed by atoms with Crippen LogP contribution < -0.4 is 5.32 Å². The summed E-state index contributed by atoms with van der Waals surface area (Å²) in [4.78, 5) is 36.9. The number of carbonyl (C=O) groups excluding carboxylic acids is 3. The Balaban J connectivity index is 1.92. The molecule has 0 aromatic carbocycles. The summed E-state index contributed by atoms with van der Waals surface area (Å²) < 4.78 is 4.81. The van der Waals surface area contributed by atoms with E-state index in [1.165, 1.54) is 7.11 Å². The first-order chi connectivity index (χ1) is 9.15. The third-order valence-corrected chi connectivity index (χ3v) is 3.53. The van der Waals surface area contributed by atoms with Crippen LogP contribution in [0.1, 0.15) is 12.8 Å². The lowest BCUT2D eigenvalue weighted by molar-refractivity contribution is -0.143. The normalized spacial score (nSPS) is 25.6. The maximum absolute atomic E-state index is 12.1. The highest BCUT2D eigenvalue weighted by Crippen LogP contribution is 2.34. The summed E-state index contributed by atoms with van der Waals surface area (Å²) in [5.74, 6) is -1.32. The minimum atomic E-state index is -0.328. The van der Waals surface area contributed by atoms with Crippen LogP contribution >= 0.6 is 0 Å². The van der Waals surface area contributed by atoms with Crippen molar-refractivity contribution < 1.29 is 19.1 Å². The highest BCUT2D eigenvalue weighted by atomic mass is 16.5. The molecule has 6 heteroatoms. The average molecular weight is 266 g/mol. The number of carbonyl (C=O) groups is 3. The molecule has 0 unspecified atom stereocenters.